The highest BCUT2D eigenvalue weighted by Crippen LogP contribution is 2.29. The Morgan fingerprint density at radius 3 is 2.51 bits per heavy atom. The van der Waals surface area contributed by atoms with Gasteiger partial charge in [0.15, 0.2) is 11.6 Å². The molecule has 2 aliphatic rings. The van der Waals surface area contributed by atoms with Crippen molar-refractivity contribution >= 4 is 24.0 Å². The lowest BCUT2D eigenvalue weighted by molar-refractivity contribution is 0.103. The van der Waals surface area contributed by atoms with Gasteiger partial charge in [-0.25, -0.2) is 19.0 Å². The Labute approximate surface area is 203 Å². The van der Waals surface area contributed by atoms with Gasteiger partial charge in [-0.05, 0) is 24.0 Å². The zero-order valence-electron chi connectivity index (χ0n) is 20.1. The molecule has 0 aliphatic carbocycles. The molecular formula is C24H31FN6O4. The van der Waals surface area contributed by atoms with E-state index in [0.717, 1.165) is 23.9 Å². The molecule has 4 rings (SSSR count). The van der Waals surface area contributed by atoms with Crippen LogP contribution in [0.1, 0.15) is 37.9 Å². The minimum atomic E-state index is -0.868. The zero-order chi connectivity index (χ0) is 25.1. The minimum Gasteiger partial charge on any atom is -0.465 e. The monoisotopic (exact) mass is 486 g/mol. The van der Waals surface area contributed by atoms with E-state index in [1.54, 1.807) is 0 Å². The van der Waals surface area contributed by atoms with Crippen molar-refractivity contribution in [3.63, 3.8) is 0 Å². The summed E-state index contributed by atoms with van der Waals surface area (Å²) in [6.07, 6.45) is -0.416. The fourth-order valence-electron chi connectivity index (χ4n) is 4.31. The Morgan fingerprint density at radius 1 is 1.20 bits per heavy atom. The summed E-state index contributed by atoms with van der Waals surface area (Å²) >= 11 is 0. The van der Waals surface area contributed by atoms with Gasteiger partial charge in [0.05, 0.1) is 18.3 Å². The Hall–Kier alpha value is -3.47. The molecule has 35 heavy (non-hydrogen) atoms. The molecule has 0 radical (unpaired) electrons. The third-order valence-corrected chi connectivity index (χ3v) is 6.50. The molecule has 0 saturated carbocycles. The molecule has 1 aromatic carbocycles. The van der Waals surface area contributed by atoms with Crippen LogP contribution in [0.4, 0.5) is 25.7 Å². The van der Waals surface area contributed by atoms with Crippen LogP contribution in [0.2, 0.25) is 0 Å². The number of aromatic nitrogens is 2. The summed E-state index contributed by atoms with van der Waals surface area (Å²) in [5.41, 5.74) is 2.14. The van der Waals surface area contributed by atoms with Gasteiger partial charge in [0.2, 0.25) is 5.95 Å². The molecule has 2 atom stereocenters. The molecule has 188 valence electrons. The smallest absolute Gasteiger partial charge is 0.416 e. The van der Waals surface area contributed by atoms with Crippen molar-refractivity contribution in [2.75, 3.05) is 43.0 Å². The minimum absolute atomic E-state index is 0.0747. The number of carbonyl (C=O) groups excluding carboxylic acids is 1. The predicted molar refractivity (Wildman–Crippen MR) is 128 cm³/mol. The molecule has 1 aromatic heterocycles. The largest absolute Gasteiger partial charge is 0.465 e. The van der Waals surface area contributed by atoms with Gasteiger partial charge < -0.3 is 20.1 Å². The first kappa shape index (κ1) is 24.6. The number of carbonyl (C=O) groups is 2. The lowest BCUT2D eigenvalue weighted by Gasteiger charge is -2.33. The first-order valence-electron chi connectivity index (χ1n) is 11.8. The molecule has 11 heteroatoms. The number of amides is 2. The molecule has 2 N–H and O–H groups in total. The second kappa shape index (κ2) is 10.4. The lowest BCUT2D eigenvalue weighted by atomic mass is 10.0. The molecule has 2 amide bonds. The average Bonchev–Trinajstić information content (AvgIpc) is 3.22. The number of cyclic esters (lactones) is 1. The van der Waals surface area contributed by atoms with E-state index in [-0.39, 0.29) is 36.4 Å². The Morgan fingerprint density at radius 2 is 1.89 bits per heavy atom. The van der Waals surface area contributed by atoms with Gasteiger partial charge in [0.25, 0.3) is 0 Å². The molecule has 0 unspecified atom stereocenters. The van der Waals surface area contributed by atoms with Crippen molar-refractivity contribution < 1.29 is 23.8 Å². The normalized spacial score (nSPS) is 19.7. The molecular weight excluding hydrogens is 455 g/mol. The van der Waals surface area contributed by atoms with Crippen LogP contribution in [0.5, 0.6) is 0 Å². The molecule has 3 heterocycles. The number of rotatable bonds is 7. The summed E-state index contributed by atoms with van der Waals surface area (Å²) in [5.74, 6) is -0.474. The summed E-state index contributed by atoms with van der Waals surface area (Å²) in [4.78, 5) is 36.6. The maximum atomic E-state index is 14.6. The Bertz CT molecular complexity index is 1060. The fraction of sp³-hybridized carbons (Fsp3) is 0.500. The number of benzene rings is 1. The summed E-state index contributed by atoms with van der Waals surface area (Å²) in [6, 6.07) is 7.66. The lowest BCUT2D eigenvalue weighted by Crippen LogP contribution is -2.47. The van der Waals surface area contributed by atoms with Gasteiger partial charge in [-0.2, -0.15) is 4.98 Å². The van der Waals surface area contributed by atoms with Crippen LogP contribution < -0.4 is 10.2 Å². The first-order chi connectivity index (χ1) is 16.7. The van der Waals surface area contributed by atoms with E-state index in [2.05, 4.69) is 20.2 Å². The fourth-order valence-corrected chi connectivity index (χ4v) is 4.31. The zero-order valence-corrected chi connectivity index (χ0v) is 20.1. The van der Waals surface area contributed by atoms with Crippen molar-refractivity contribution in [1.29, 1.82) is 0 Å². The summed E-state index contributed by atoms with van der Waals surface area (Å²) in [6.45, 7) is 9.23. The average molecular weight is 487 g/mol. The van der Waals surface area contributed by atoms with E-state index >= 15 is 0 Å². The van der Waals surface area contributed by atoms with E-state index in [9.17, 15) is 14.0 Å². The molecule has 2 saturated heterocycles. The van der Waals surface area contributed by atoms with Crippen molar-refractivity contribution in [3.8, 4) is 0 Å². The summed E-state index contributed by atoms with van der Waals surface area (Å²) < 4.78 is 19.7. The summed E-state index contributed by atoms with van der Waals surface area (Å²) in [7, 11) is 0. The number of piperazine rings is 1. The summed E-state index contributed by atoms with van der Waals surface area (Å²) in [5, 5.41) is 12.3. The quantitative estimate of drug-likeness (QED) is 0.611. The second-order valence-corrected chi connectivity index (χ2v) is 9.28. The van der Waals surface area contributed by atoms with Crippen LogP contribution in [0, 0.1) is 11.7 Å². The number of ether oxygens (including phenoxy) is 1. The molecule has 2 fully saturated rings. The van der Waals surface area contributed by atoms with E-state index in [1.165, 1.54) is 9.80 Å². The van der Waals surface area contributed by atoms with Crippen molar-refractivity contribution in [1.82, 2.24) is 19.8 Å². The van der Waals surface area contributed by atoms with Crippen LogP contribution >= 0.6 is 0 Å². The van der Waals surface area contributed by atoms with E-state index < -0.39 is 18.0 Å². The number of hydrogen-bond donors (Lipinski definition) is 2. The number of nitrogens with one attached hydrogen (secondary N) is 1. The maximum absolute atomic E-state index is 14.6. The van der Waals surface area contributed by atoms with E-state index in [4.69, 9.17) is 9.84 Å². The molecule has 0 bridgehead atoms. The first-order valence-corrected chi connectivity index (χ1v) is 11.8. The molecule has 2 aliphatic heterocycles. The van der Waals surface area contributed by atoms with Crippen LogP contribution in [0.3, 0.4) is 0 Å². The van der Waals surface area contributed by atoms with Gasteiger partial charge in [-0.1, -0.05) is 38.1 Å². The van der Waals surface area contributed by atoms with Crippen LogP contribution in [0.15, 0.2) is 30.5 Å². The van der Waals surface area contributed by atoms with Gasteiger partial charge in [0, 0.05) is 32.7 Å². The van der Waals surface area contributed by atoms with E-state index in [1.807, 2.05) is 45.0 Å². The Balaban J connectivity index is 1.39. The van der Waals surface area contributed by atoms with E-state index in [0.29, 0.717) is 26.2 Å². The number of halogens is 1. The third kappa shape index (κ3) is 5.61. The van der Waals surface area contributed by atoms with Gasteiger partial charge in [-0.15, -0.1) is 0 Å². The number of anilines is 2. The highest BCUT2D eigenvalue weighted by molar-refractivity contribution is 5.89. The topological polar surface area (TPSA) is 111 Å². The van der Waals surface area contributed by atoms with Crippen LogP contribution in [-0.2, 0) is 11.3 Å². The van der Waals surface area contributed by atoms with Crippen LogP contribution in [0.25, 0.3) is 0 Å². The second-order valence-electron chi connectivity index (χ2n) is 9.28. The van der Waals surface area contributed by atoms with Gasteiger partial charge in [0.1, 0.15) is 6.61 Å². The SMILES string of the molecule is CC(C)[C@H]1COC(=O)N1c1nc(N[C@@H](C)c2ccc(CN3CCN(C(=O)O)CC3)cc2)ncc1F. The van der Waals surface area contributed by atoms with Crippen molar-refractivity contribution in [2.24, 2.45) is 5.92 Å². The highest BCUT2D eigenvalue weighted by Gasteiger charge is 2.38. The van der Waals surface area contributed by atoms with Crippen molar-refractivity contribution in [3.05, 3.63) is 47.4 Å². The molecule has 0 spiro atoms. The number of nitrogens with zero attached hydrogens (tertiary/aromatic N) is 5. The number of carboxylic acid groups (broad SMARTS) is 1. The molecule has 2 aromatic rings. The third-order valence-electron chi connectivity index (χ3n) is 6.50. The molecule has 10 nitrogen and oxygen atoms in total. The van der Waals surface area contributed by atoms with Gasteiger partial charge >= 0.3 is 12.2 Å². The highest BCUT2D eigenvalue weighted by atomic mass is 19.1. The van der Waals surface area contributed by atoms with Crippen LogP contribution in [-0.4, -0.2) is 75.9 Å². The number of hydrogen-bond acceptors (Lipinski definition) is 7. The van der Waals surface area contributed by atoms with Crippen molar-refractivity contribution in [2.45, 2.75) is 39.4 Å². The maximum Gasteiger partial charge on any atom is 0.416 e. The predicted octanol–water partition coefficient (Wildman–Crippen LogP) is 3.57. The van der Waals surface area contributed by atoms with Gasteiger partial charge in [-0.3, -0.25) is 9.80 Å². The Kier molecular flexibility index (Phi) is 7.34. The standard InChI is InChI=1S/C24H31FN6O4/c1-15(2)20-14-35-24(34)31(20)21-19(25)12-26-22(28-21)27-16(3)18-6-4-17(5-7-18)13-29-8-10-30(11-9-29)23(32)33/h4-7,12,15-16,20H,8-11,13-14H2,1-3H3,(H,32,33)(H,26,27,28)/t16-,20+/m0/s1.